The summed E-state index contributed by atoms with van der Waals surface area (Å²) in [6.45, 7) is 1.39. The molecule has 0 radical (unpaired) electrons. The van der Waals surface area contributed by atoms with Gasteiger partial charge in [-0.15, -0.1) is 0 Å². The van der Waals surface area contributed by atoms with E-state index in [1.807, 2.05) is 41.1 Å². The molecule has 1 aliphatic heterocycles. The van der Waals surface area contributed by atoms with Gasteiger partial charge in [0.25, 0.3) is 5.91 Å². The number of hydrogen-bond acceptors (Lipinski definition) is 5. The first-order chi connectivity index (χ1) is 10.8. The first kappa shape index (κ1) is 13.0. The summed E-state index contributed by atoms with van der Waals surface area (Å²) in [5.41, 5.74) is 1.62. The van der Waals surface area contributed by atoms with E-state index in [-0.39, 0.29) is 11.9 Å². The van der Waals surface area contributed by atoms with Crippen LogP contribution in [-0.4, -0.2) is 45.1 Å². The normalized spacial score (nSPS) is 18.7. The smallest absolute Gasteiger partial charge is 0.256 e. The number of morpholine rings is 1. The van der Waals surface area contributed by atoms with Gasteiger partial charge in [-0.25, -0.2) is 0 Å². The molecule has 1 unspecified atom stereocenters. The monoisotopic (exact) mass is 298 g/mol. The van der Waals surface area contributed by atoms with Gasteiger partial charge in [0.05, 0.1) is 18.8 Å². The first-order valence-electron chi connectivity index (χ1n) is 7.04. The fourth-order valence-corrected chi connectivity index (χ4v) is 2.72. The third kappa shape index (κ3) is 2.15. The molecule has 0 saturated carbocycles. The summed E-state index contributed by atoms with van der Waals surface area (Å²) in [5.74, 6) is 0.415. The van der Waals surface area contributed by atoms with Crippen molar-refractivity contribution < 1.29 is 14.1 Å². The molecule has 0 aliphatic carbocycles. The molecular formula is C15H14N4O3. The molecule has 7 heteroatoms. The molecule has 1 saturated heterocycles. The van der Waals surface area contributed by atoms with Crippen LogP contribution in [0.4, 0.5) is 0 Å². The fraction of sp³-hybridized carbons (Fsp3) is 0.267. The Morgan fingerprint density at radius 2 is 2.32 bits per heavy atom. The van der Waals surface area contributed by atoms with Crippen molar-refractivity contribution in [2.24, 2.45) is 0 Å². The van der Waals surface area contributed by atoms with Crippen LogP contribution in [0.2, 0.25) is 0 Å². The van der Waals surface area contributed by atoms with Crippen molar-refractivity contribution in [2.45, 2.75) is 6.04 Å². The van der Waals surface area contributed by atoms with Gasteiger partial charge in [0.15, 0.2) is 5.82 Å². The van der Waals surface area contributed by atoms with Crippen LogP contribution in [0.25, 0.3) is 5.52 Å². The Balaban J connectivity index is 1.67. The zero-order valence-corrected chi connectivity index (χ0v) is 11.8. The predicted molar refractivity (Wildman–Crippen MR) is 76.3 cm³/mol. The van der Waals surface area contributed by atoms with Crippen LogP contribution in [-0.2, 0) is 4.74 Å². The number of aromatic nitrogens is 3. The maximum absolute atomic E-state index is 12.8. The Bertz CT molecular complexity index is 763. The molecule has 0 aromatic carbocycles. The van der Waals surface area contributed by atoms with Crippen LogP contribution in [0.3, 0.4) is 0 Å². The van der Waals surface area contributed by atoms with Crippen molar-refractivity contribution >= 4 is 11.4 Å². The van der Waals surface area contributed by atoms with Crippen molar-refractivity contribution in [3.8, 4) is 0 Å². The van der Waals surface area contributed by atoms with Gasteiger partial charge in [0.1, 0.15) is 6.04 Å². The molecule has 3 aromatic heterocycles. The van der Waals surface area contributed by atoms with E-state index in [0.717, 1.165) is 5.52 Å². The Labute approximate surface area is 126 Å². The Morgan fingerprint density at radius 1 is 1.36 bits per heavy atom. The number of ether oxygens (including phenoxy) is 1. The lowest BCUT2D eigenvalue weighted by molar-refractivity contribution is -0.00576. The van der Waals surface area contributed by atoms with Gasteiger partial charge in [0, 0.05) is 24.5 Å². The SMILES string of the molecule is O=C(c1cc2ccccn2c1)N1CCOCC1c1ncon1. The van der Waals surface area contributed by atoms with Gasteiger partial charge in [0.2, 0.25) is 6.39 Å². The standard InChI is InChI=1S/C15H14N4O3/c20-15(11-7-12-3-1-2-4-18(12)8-11)19-5-6-21-9-13(19)14-16-10-22-17-14/h1-4,7-8,10,13H,5-6,9H2. The van der Waals surface area contributed by atoms with E-state index in [4.69, 9.17) is 9.26 Å². The van der Waals surface area contributed by atoms with E-state index in [1.54, 1.807) is 4.90 Å². The summed E-state index contributed by atoms with van der Waals surface area (Å²) >= 11 is 0. The van der Waals surface area contributed by atoms with Crippen molar-refractivity contribution in [2.75, 3.05) is 19.8 Å². The van der Waals surface area contributed by atoms with Crippen molar-refractivity contribution in [1.82, 2.24) is 19.4 Å². The van der Waals surface area contributed by atoms with Crippen LogP contribution < -0.4 is 0 Å². The highest BCUT2D eigenvalue weighted by Crippen LogP contribution is 2.24. The Hall–Kier alpha value is -2.67. The molecule has 0 bridgehead atoms. The van der Waals surface area contributed by atoms with Crippen LogP contribution in [0, 0.1) is 0 Å². The average molecular weight is 298 g/mol. The molecular weight excluding hydrogens is 284 g/mol. The lowest BCUT2D eigenvalue weighted by Gasteiger charge is -2.33. The van der Waals surface area contributed by atoms with E-state index in [2.05, 4.69) is 10.1 Å². The molecule has 22 heavy (non-hydrogen) atoms. The topological polar surface area (TPSA) is 72.9 Å². The second-order valence-electron chi connectivity index (χ2n) is 5.14. The number of carbonyl (C=O) groups is 1. The number of pyridine rings is 1. The van der Waals surface area contributed by atoms with Gasteiger partial charge in [-0.3, -0.25) is 4.79 Å². The number of nitrogens with zero attached hydrogens (tertiary/aromatic N) is 4. The van der Waals surface area contributed by atoms with Gasteiger partial charge in [-0.05, 0) is 18.2 Å². The van der Waals surface area contributed by atoms with Gasteiger partial charge in [-0.1, -0.05) is 11.2 Å². The lowest BCUT2D eigenvalue weighted by atomic mass is 10.1. The number of amides is 1. The molecule has 7 nitrogen and oxygen atoms in total. The molecule has 0 spiro atoms. The molecule has 4 heterocycles. The minimum Gasteiger partial charge on any atom is -0.377 e. The second-order valence-corrected chi connectivity index (χ2v) is 5.14. The molecule has 1 amide bonds. The Morgan fingerprint density at radius 3 is 3.14 bits per heavy atom. The number of rotatable bonds is 2. The Kier molecular flexibility index (Phi) is 3.12. The van der Waals surface area contributed by atoms with E-state index < -0.39 is 0 Å². The van der Waals surface area contributed by atoms with Gasteiger partial charge >= 0.3 is 0 Å². The zero-order chi connectivity index (χ0) is 14.9. The van der Waals surface area contributed by atoms with E-state index in [9.17, 15) is 4.79 Å². The quantitative estimate of drug-likeness (QED) is 0.717. The van der Waals surface area contributed by atoms with Crippen molar-refractivity contribution in [3.05, 3.63) is 54.4 Å². The summed E-state index contributed by atoms with van der Waals surface area (Å²) in [5, 5.41) is 3.84. The minimum atomic E-state index is -0.317. The van der Waals surface area contributed by atoms with Crippen LogP contribution in [0.5, 0.6) is 0 Å². The maximum atomic E-state index is 12.8. The molecule has 3 aromatic rings. The zero-order valence-electron chi connectivity index (χ0n) is 11.8. The van der Waals surface area contributed by atoms with E-state index in [0.29, 0.717) is 31.1 Å². The summed E-state index contributed by atoms with van der Waals surface area (Å²) < 4.78 is 12.2. The molecule has 1 atom stereocenters. The second kappa shape index (κ2) is 5.27. The molecule has 1 aliphatic rings. The average Bonchev–Trinajstić information content (AvgIpc) is 3.23. The highest BCUT2D eigenvalue weighted by molar-refractivity contribution is 5.96. The fourth-order valence-electron chi connectivity index (χ4n) is 2.72. The number of carbonyl (C=O) groups excluding carboxylic acids is 1. The molecule has 4 rings (SSSR count). The summed E-state index contributed by atoms with van der Waals surface area (Å²) in [6, 6.07) is 7.40. The van der Waals surface area contributed by atoms with Crippen LogP contribution >= 0.6 is 0 Å². The predicted octanol–water partition coefficient (Wildman–Crippen LogP) is 1.54. The van der Waals surface area contributed by atoms with Crippen LogP contribution in [0.15, 0.2) is 47.6 Å². The minimum absolute atomic E-state index is 0.0539. The highest BCUT2D eigenvalue weighted by atomic mass is 16.5. The molecule has 112 valence electrons. The van der Waals surface area contributed by atoms with Crippen molar-refractivity contribution in [1.29, 1.82) is 0 Å². The third-order valence-corrected chi connectivity index (χ3v) is 3.82. The number of fused-ring (bicyclic) bond motifs is 1. The van der Waals surface area contributed by atoms with E-state index in [1.165, 1.54) is 6.39 Å². The molecule has 0 N–H and O–H groups in total. The first-order valence-corrected chi connectivity index (χ1v) is 7.04. The lowest BCUT2D eigenvalue weighted by Crippen LogP contribution is -2.43. The largest absolute Gasteiger partial charge is 0.377 e. The summed E-state index contributed by atoms with van der Waals surface area (Å²) in [4.78, 5) is 18.6. The van der Waals surface area contributed by atoms with Gasteiger partial charge < -0.3 is 18.6 Å². The highest BCUT2D eigenvalue weighted by Gasteiger charge is 2.32. The number of hydrogen-bond donors (Lipinski definition) is 0. The molecule has 1 fully saturated rings. The third-order valence-electron chi connectivity index (χ3n) is 3.82. The summed E-state index contributed by atoms with van der Waals surface area (Å²) in [7, 11) is 0. The van der Waals surface area contributed by atoms with Crippen molar-refractivity contribution in [3.63, 3.8) is 0 Å². The van der Waals surface area contributed by atoms with Gasteiger partial charge in [-0.2, -0.15) is 4.98 Å². The summed E-state index contributed by atoms with van der Waals surface area (Å²) in [6.07, 6.45) is 5.02. The maximum Gasteiger partial charge on any atom is 0.256 e. The van der Waals surface area contributed by atoms with E-state index >= 15 is 0 Å². The van der Waals surface area contributed by atoms with Crippen LogP contribution in [0.1, 0.15) is 22.2 Å².